The van der Waals surface area contributed by atoms with Crippen molar-refractivity contribution < 1.29 is 0 Å². The molecule has 0 saturated heterocycles. The molecule has 0 saturated carbocycles. The Balaban J connectivity index is 3.36. The number of nitrogens with zero attached hydrogens (tertiary/aromatic N) is 1. The van der Waals surface area contributed by atoms with Gasteiger partial charge < -0.3 is 11.1 Å². The molecule has 70 valence electrons. The van der Waals surface area contributed by atoms with E-state index in [0.717, 1.165) is 25.9 Å². The summed E-state index contributed by atoms with van der Waals surface area (Å²) in [6, 6.07) is 0. The third kappa shape index (κ3) is 7.12. The summed E-state index contributed by atoms with van der Waals surface area (Å²) in [5.41, 5.74) is 5.56. The summed E-state index contributed by atoms with van der Waals surface area (Å²) in [6.07, 6.45) is 6.16. The van der Waals surface area contributed by atoms with Gasteiger partial charge in [0.05, 0.1) is 0 Å². The Hall–Kier alpha value is -0.990. The Morgan fingerprint density at radius 3 is 2.92 bits per heavy atom. The number of hydrogen-bond acceptors (Lipinski definition) is 1. The van der Waals surface area contributed by atoms with Crippen LogP contribution in [0, 0.1) is 0 Å². The Kier molecular flexibility index (Phi) is 7.44. The Bertz CT molecular complexity index is 150. The largest absolute Gasteiger partial charge is 0.370 e. The van der Waals surface area contributed by atoms with Crippen molar-refractivity contribution in [2.24, 2.45) is 10.7 Å². The van der Waals surface area contributed by atoms with Gasteiger partial charge in [-0.1, -0.05) is 19.1 Å². The molecule has 0 aromatic rings. The summed E-state index contributed by atoms with van der Waals surface area (Å²) >= 11 is 0. The van der Waals surface area contributed by atoms with E-state index in [9.17, 15) is 0 Å². The molecule has 3 nitrogen and oxygen atoms in total. The van der Waals surface area contributed by atoms with Crippen LogP contribution in [0.4, 0.5) is 0 Å². The average Bonchev–Trinajstić information content (AvgIpc) is 2.09. The van der Waals surface area contributed by atoms with Crippen molar-refractivity contribution in [3.63, 3.8) is 0 Å². The highest BCUT2D eigenvalue weighted by Gasteiger charge is 1.86. The van der Waals surface area contributed by atoms with Crippen LogP contribution >= 0.6 is 0 Å². The molecule has 0 aliphatic carbocycles. The van der Waals surface area contributed by atoms with Gasteiger partial charge in [-0.15, -0.1) is 0 Å². The van der Waals surface area contributed by atoms with Gasteiger partial charge >= 0.3 is 0 Å². The lowest BCUT2D eigenvalue weighted by atomic mass is 10.4. The first kappa shape index (κ1) is 11.0. The van der Waals surface area contributed by atoms with Crippen molar-refractivity contribution in [1.82, 2.24) is 5.32 Å². The molecule has 0 aromatic carbocycles. The van der Waals surface area contributed by atoms with Crippen LogP contribution in [0.1, 0.15) is 26.7 Å². The first-order chi connectivity index (χ1) is 5.81. The molecule has 0 aromatic heterocycles. The first-order valence-electron chi connectivity index (χ1n) is 4.46. The number of allylic oxidation sites excluding steroid dienone is 1. The van der Waals surface area contributed by atoms with Crippen molar-refractivity contribution in [1.29, 1.82) is 0 Å². The predicted molar refractivity (Wildman–Crippen MR) is 54.2 cm³/mol. The molecule has 0 radical (unpaired) electrons. The van der Waals surface area contributed by atoms with E-state index in [2.05, 4.69) is 23.3 Å². The highest BCUT2D eigenvalue weighted by molar-refractivity contribution is 5.77. The number of aliphatic imine (C=N–C) groups is 1. The lowest BCUT2D eigenvalue weighted by Crippen LogP contribution is -2.32. The fourth-order valence-corrected chi connectivity index (χ4v) is 0.738. The summed E-state index contributed by atoms with van der Waals surface area (Å²) in [7, 11) is 0. The fourth-order valence-electron chi connectivity index (χ4n) is 0.738. The van der Waals surface area contributed by atoms with Gasteiger partial charge in [-0.05, 0) is 19.8 Å². The van der Waals surface area contributed by atoms with Crippen LogP contribution in [0.15, 0.2) is 17.1 Å². The summed E-state index contributed by atoms with van der Waals surface area (Å²) in [5.74, 6) is 0.557. The van der Waals surface area contributed by atoms with Crippen molar-refractivity contribution >= 4 is 5.96 Å². The molecule has 0 aliphatic heterocycles. The lowest BCUT2D eigenvalue weighted by molar-refractivity contribution is 0.854. The monoisotopic (exact) mass is 169 g/mol. The Labute approximate surface area is 74.8 Å². The van der Waals surface area contributed by atoms with E-state index in [1.807, 2.05) is 13.0 Å². The van der Waals surface area contributed by atoms with E-state index in [1.165, 1.54) is 0 Å². The van der Waals surface area contributed by atoms with E-state index in [1.54, 1.807) is 0 Å². The molecular formula is C9H19N3. The minimum Gasteiger partial charge on any atom is -0.370 e. The maximum Gasteiger partial charge on any atom is 0.188 e. The van der Waals surface area contributed by atoms with Gasteiger partial charge in [-0.3, -0.25) is 4.99 Å². The topological polar surface area (TPSA) is 50.4 Å². The van der Waals surface area contributed by atoms with Crippen LogP contribution < -0.4 is 11.1 Å². The van der Waals surface area contributed by atoms with Crippen molar-refractivity contribution in [2.75, 3.05) is 13.1 Å². The number of guanidine groups is 1. The number of hydrogen-bond donors (Lipinski definition) is 2. The van der Waals surface area contributed by atoms with E-state index in [0.29, 0.717) is 5.96 Å². The Morgan fingerprint density at radius 2 is 2.33 bits per heavy atom. The molecule has 0 amide bonds. The van der Waals surface area contributed by atoms with E-state index < -0.39 is 0 Å². The molecule has 0 unspecified atom stereocenters. The maximum atomic E-state index is 5.56. The smallest absolute Gasteiger partial charge is 0.188 e. The maximum absolute atomic E-state index is 5.56. The summed E-state index contributed by atoms with van der Waals surface area (Å²) in [6.45, 7) is 5.76. The SMILES string of the molecule is C/C=C/CCNC(N)=NCCC. The number of nitrogens with one attached hydrogen (secondary N) is 1. The van der Waals surface area contributed by atoms with Gasteiger partial charge in [0.15, 0.2) is 5.96 Å². The van der Waals surface area contributed by atoms with Gasteiger partial charge in [-0.2, -0.15) is 0 Å². The molecule has 0 rings (SSSR count). The third-order valence-electron chi connectivity index (χ3n) is 1.36. The van der Waals surface area contributed by atoms with Crippen LogP contribution in [-0.2, 0) is 0 Å². The van der Waals surface area contributed by atoms with Crippen LogP contribution in [0.5, 0.6) is 0 Å². The molecule has 0 fully saturated rings. The fraction of sp³-hybridized carbons (Fsp3) is 0.667. The molecule has 0 spiro atoms. The minimum atomic E-state index is 0.557. The summed E-state index contributed by atoms with van der Waals surface area (Å²) < 4.78 is 0. The van der Waals surface area contributed by atoms with E-state index >= 15 is 0 Å². The highest BCUT2D eigenvalue weighted by Crippen LogP contribution is 1.80. The quantitative estimate of drug-likeness (QED) is 0.282. The van der Waals surface area contributed by atoms with Crippen molar-refractivity contribution in [3.8, 4) is 0 Å². The van der Waals surface area contributed by atoms with E-state index in [-0.39, 0.29) is 0 Å². The number of nitrogens with two attached hydrogens (primary N) is 1. The van der Waals surface area contributed by atoms with Crippen molar-refractivity contribution in [2.45, 2.75) is 26.7 Å². The second kappa shape index (κ2) is 8.11. The summed E-state index contributed by atoms with van der Waals surface area (Å²) in [5, 5.41) is 3.03. The zero-order valence-corrected chi connectivity index (χ0v) is 8.01. The van der Waals surface area contributed by atoms with Gasteiger partial charge in [-0.25, -0.2) is 0 Å². The molecule has 3 heteroatoms. The zero-order valence-electron chi connectivity index (χ0n) is 8.01. The molecule has 12 heavy (non-hydrogen) atoms. The van der Waals surface area contributed by atoms with Crippen LogP contribution in [0.2, 0.25) is 0 Å². The van der Waals surface area contributed by atoms with Crippen molar-refractivity contribution in [3.05, 3.63) is 12.2 Å². The standard InChI is InChI=1S/C9H19N3/c1-3-5-6-8-12-9(10)11-7-4-2/h3,5H,4,6-8H2,1-2H3,(H3,10,11,12)/b5-3+. The van der Waals surface area contributed by atoms with Gasteiger partial charge in [0.25, 0.3) is 0 Å². The van der Waals surface area contributed by atoms with Crippen LogP contribution in [-0.4, -0.2) is 19.0 Å². The Morgan fingerprint density at radius 1 is 1.58 bits per heavy atom. The summed E-state index contributed by atoms with van der Waals surface area (Å²) in [4.78, 5) is 4.10. The lowest BCUT2D eigenvalue weighted by Gasteiger charge is -2.02. The predicted octanol–water partition coefficient (Wildman–Crippen LogP) is 1.27. The van der Waals surface area contributed by atoms with Gasteiger partial charge in [0, 0.05) is 13.1 Å². The molecule has 0 atom stereocenters. The van der Waals surface area contributed by atoms with Gasteiger partial charge in [0.1, 0.15) is 0 Å². The molecular weight excluding hydrogens is 150 g/mol. The second-order valence-electron chi connectivity index (χ2n) is 2.55. The normalized spacial score (nSPS) is 12.3. The first-order valence-corrected chi connectivity index (χ1v) is 4.46. The molecule has 0 bridgehead atoms. The molecule has 3 N–H and O–H groups in total. The minimum absolute atomic E-state index is 0.557. The third-order valence-corrected chi connectivity index (χ3v) is 1.36. The average molecular weight is 169 g/mol. The number of rotatable bonds is 5. The van der Waals surface area contributed by atoms with Crippen LogP contribution in [0.25, 0.3) is 0 Å². The van der Waals surface area contributed by atoms with Crippen LogP contribution in [0.3, 0.4) is 0 Å². The van der Waals surface area contributed by atoms with Gasteiger partial charge in [0.2, 0.25) is 0 Å². The molecule has 0 heterocycles. The highest BCUT2D eigenvalue weighted by atomic mass is 15.1. The second-order valence-corrected chi connectivity index (χ2v) is 2.55. The zero-order chi connectivity index (χ0) is 9.23. The molecule has 0 aliphatic rings. The van der Waals surface area contributed by atoms with E-state index in [4.69, 9.17) is 5.73 Å².